The van der Waals surface area contributed by atoms with Crippen molar-refractivity contribution in [1.82, 2.24) is 5.32 Å². The number of carbonyl (C=O) groups excluding carboxylic acids is 2. The van der Waals surface area contributed by atoms with Crippen molar-refractivity contribution in [2.45, 2.75) is 12.8 Å². The summed E-state index contributed by atoms with van der Waals surface area (Å²) in [5, 5.41) is 5.69. The lowest BCUT2D eigenvalue weighted by Crippen LogP contribution is -2.31. The fraction of sp³-hybridized carbons (Fsp3) is 0.217. The molecule has 3 aromatic rings. The fourth-order valence-corrected chi connectivity index (χ4v) is 3.49. The molecule has 4 rings (SSSR count). The molecule has 0 aliphatic carbocycles. The van der Waals surface area contributed by atoms with Crippen molar-refractivity contribution in [3.63, 3.8) is 0 Å². The van der Waals surface area contributed by atoms with Crippen molar-refractivity contribution in [1.29, 1.82) is 0 Å². The predicted molar refractivity (Wildman–Crippen MR) is 114 cm³/mol. The van der Waals surface area contributed by atoms with Gasteiger partial charge in [-0.1, -0.05) is 18.2 Å². The third-order valence-electron chi connectivity index (χ3n) is 5.07. The van der Waals surface area contributed by atoms with E-state index in [9.17, 15) is 9.59 Å². The van der Waals surface area contributed by atoms with E-state index in [0.717, 1.165) is 29.0 Å². The Morgan fingerprint density at radius 1 is 1.13 bits per heavy atom. The van der Waals surface area contributed by atoms with Gasteiger partial charge in [0, 0.05) is 24.5 Å². The van der Waals surface area contributed by atoms with Crippen molar-refractivity contribution in [3.8, 4) is 5.75 Å². The molecule has 0 unspecified atom stereocenters. The first kappa shape index (κ1) is 19.6. The number of urea groups is 1. The number of fused-ring (bicyclic) bond motifs is 1. The lowest BCUT2D eigenvalue weighted by Gasteiger charge is -2.17. The van der Waals surface area contributed by atoms with Crippen molar-refractivity contribution >= 4 is 23.3 Å². The number of carbonyl (C=O) groups is 2. The molecule has 1 aliphatic rings. The molecule has 7 heteroatoms. The summed E-state index contributed by atoms with van der Waals surface area (Å²) in [5.74, 6) is 0.929. The van der Waals surface area contributed by atoms with Crippen LogP contribution in [0.4, 0.5) is 16.2 Å². The van der Waals surface area contributed by atoms with Crippen LogP contribution in [0.5, 0.6) is 5.75 Å². The van der Waals surface area contributed by atoms with Crippen LogP contribution < -0.4 is 20.3 Å². The minimum absolute atomic E-state index is 0.181. The van der Waals surface area contributed by atoms with Gasteiger partial charge in [-0.2, -0.15) is 0 Å². The van der Waals surface area contributed by atoms with Gasteiger partial charge in [0.25, 0.3) is 5.91 Å². The minimum atomic E-state index is -0.287. The molecule has 0 spiro atoms. The molecule has 0 fully saturated rings. The van der Waals surface area contributed by atoms with Crippen LogP contribution in [0.3, 0.4) is 0 Å². The van der Waals surface area contributed by atoms with Crippen LogP contribution in [0, 0.1) is 0 Å². The Morgan fingerprint density at radius 3 is 2.70 bits per heavy atom. The number of ether oxygens (including phenoxy) is 1. The zero-order chi connectivity index (χ0) is 20.9. The van der Waals surface area contributed by atoms with Gasteiger partial charge in [-0.05, 0) is 60.4 Å². The Hall–Kier alpha value is -3.74. The molecule has 1 aromatic heterocycles. The van der Waals surface area contributed by atoms with Gasteiger partial charge < -0.3 is 24.7 Å². The smallest absolute Gasteiger partial charge is 0.319 e. The van der Waals surface area contributed by atoms with Gasteiger partial charge in [0.05, 0.1) is 13.4 Å². The van der Waals surface area contributed by atoms with Crippen LogP contribution in [-0.2, 0) is 12.8 Å². The van der Waals surface area contributed by atoms with Crippen LogP contribution in [0.25, 0.3) is 0 Å². The quantitative estimate of drug-likeness (QED) is 0.652. The van der Waals surface area contributed by atoms with E-state index in [1.807, 2.05) is 42.5 Å². The number of hydrogen-bond donors (Lipinski definition) is 2. The van der Waals surface area contributed by atoms with E-state index in [0.29, 0.717) is 31.0 Å². The number of furan rings is 1. The topological polar surface area (TPSA) is 83.8 Å². The molecular weight excluding hydrogens is 382 g/mol. The van der Waals surface area contributed by atoms with Gasteiger partial charge in [0.2, 0.25) is 0 Å². The summed E-state index contributed by atoms with van der Waals surface area (Å²) in [4.78, 5) is 26.6. The Morgan fingerprint density at radius 2 is 1.97 bits per heavy atom. The molecule has 7 nitrogen and oxygen atoms in total. The van der Waals surface area contributed by atoms with Gasteiger partial charge in [-0.3, -0.25) is 4.79 Å². The van der Waals surface area contributed by atoms with Crippen molar-refractivity contribution in [2.75, 3.05) is 30.4 Å². The predicted octanol–water partition coefficient (Wildman–Crippen LogP) is 3.86. The number of amides is 3. The maximum absolute atomic E-state index is 12.6. The molecule has 0 bridgehead atoms. The highest BCUT2D eigenvalue weighted by Gasteiger charge is 2.27. The number of rotatable bonds is 6. The molecule has 0 atom stereocenters. The van der Waals surface area contributed by atoms with Crippen LogP contribution in [0.2, 0.25) is 0 Å². The maximum Gasteiger partial charge on any atom is 0.319 e. The van der Waals surface area contributed by atoms with E-state index in [-0.39, 0.29) is 11.9 Å². The molecule has 0 radical (unpaired) electrons. The molecule has 0 saturated carbocycles. The van der Waals surface area contributed by atoms with Crippen LogP contribution in [0.1, 0.15) is 21.7 Å². The first-order valence-corrected chi connectivity index (χ1v) is 9.80. The highest BCUT2D eigenvalue weighted by atomic mass is 16.5. The lowest BCUT2D eigenvalue weighted by molar-refractivity contribution is 0.0963. The van der Waals surface area contributed by atoms with Crippen LogP contribution in [0.15, 0.2) is 65.3 Å². The molecule has 1 aliphatic heterocycles. The second-order valence-electron chi connectivity index (χ2n) is 7.01. The van der Waals surface area contributed by atoms with E-state index in [4.69, 9.17) is 9.15 Å². The average molecular weight is 405 g/mol. The lowest BCUT2D eigenvalue weighted by atomic mass is 10.1. The second-order valence-corrected chi connectivity index (χ2v) is 7.01. The zero-order valence-electron chi connectivity index (χ0n) is 16.7. The standard InChI is InChI=1S/C23H23N3O4/c1-29-19-8-4-16(5-9-19)10-12-24-23(28)25-18-7-6-17-11-13-26(20(17)15-18)22(27)21-3-2-14-30-21/h2-9,14-15H,10-13H2,1H3,(H2,24,25,28). The summed E-state index contributed by atoms with van der Waals surface area (Å²) < 4.78 is 10.4. The van der Waals surface area contributed by atoms with E-state index >= 15 is 0 Å². The summed E-state index contributed by atoms with van der Waals surface area (Å²) in [5.41, 5.74) is 3.61. The van der Waals surface area contributed by atoms with Gasteiger partial charge in [0.15, 0.2) is 5.76 Å². The van der Waals surface area contributed by atoms with Crippen molar-refractivity contribution in [3.05, 3.63) is 77.7 Å². The van der Waals surface area contributed by atoms with E-state index < -0.39 is 0 Å². The molecule has 0 saturated heterocycles. The first-order chi connectivity index (χ1) is 14.6. The van der Waals surface area contributed by atoms with E-state index in [1.165, 1.54) is 6.26 Å². The van der Waals surface area contributed by atoms with Crippen molar-refractivity contribution in [2.24, 2.45) is 0 Å². The Labute approximate surface area is 174 Å². The average Bonchev–Trinajstić information content (AvgIpc) is 3.44. The van der Waals surface area contributed by atoms with E-state index in [2.05, 4.69) is 10.6 Å². The molecule has 30 heavy (non-hydrogen) atoms. The molecule has 3 amide bonds. The summed E-state index contributed by atoms with van der Waals surface area (Å²) in [6.45, 7) is 1.10. The highest BCUT2D eigenvalue weighted by molar-refractivity contribution is 6.06. The summed E-state index contributed by atoms with van der Waals surface area (Å²) >= 11 is 0. The Balaban J connectivity index is 1.34. The van der Waals surface area contributed by atoms with Gasteiger partial charge in [0.1, 0.15) is 5.75 Å². The zero-order valence-corrected chi connectivity index (χ0v) is 16.7. The fourth-order valence-electron chi connectivity index (χ4n) is 3.49. The largest absolute Gasteiger partial charge is 0.497 e. The third kappa shape index (κ3) is 4.30. The minimum Gasteiger partial charge on any atom is -0.497 e. The monoisotopic (exact) mass is 405 g/mol. The first-order valence-electron chi connectivity index (χ1n) is 9.80. The second kappa shape index (κ2) is 8.73. The van der Waals surface area contributed by atoms with E-state index in [1.54, 1.807) is 24.1 Å². The summed E-state index contributed by atoms with van der Waals surface area (Å²) in [6.07, 6.45) is 2.97. The maximum atomic E-state index is 12.6. The third-order valence-corrected chi connectivity index (χ3v) is 5.07. The molecule has 2 aromatic carbocycles. The number of methoxy groups -OCH3 is 1. The normalized spacial score (nSPS) is 12.4. The van der Waals surface area contributed by atoms with Crippen LogP contribution in [-0.4, -0.2) is 32.1 Å². The number of nitrogens with one attached hydrogen (secondary N) is 2. The van der Waals surface area contributed by atoms with Gasteiger partial charge in [-0.25, -0.2) is 4.79 Å². The molecular formula is C23H23N3O4. The number of anilines is 2. The summed E-state index contributed by atoms with van der Waals surface area (Å²) in [7, 11) is 1.63. The molecule has 2 N–H and O–H groups in total. The van der Waals surface area contributed by atoms with Gasteiger partial charge >= 0.3 is 6.03 Å². The Kier molecular flexibility index (Phi) is 5.70. The highest BCUT2D eigenvalue weighted by Crippen LogP contribution is 2.32. The van der Waals surface area contributed by atoms with Crippen LogP contribution >= 0.6 is 0 Å². The Bertz CT molecular complexity index is 1030. The van der Waals surface area contributed by atoms with Gasteiger partial charge in [-0.15, -0.1) is 0 Å². The number of benzene rings is 2. The summed E-state index contributed by atoms with van der Waals surface area (Å²) in [6, 6.07) is 16.4. The number of nitrogens with zero attached hydrogens (tertiary/aromatic N) is 1. The molecule has 154 valence electrons. The number of hydrogen-bond acceptors (Lipinski definition) is 4. The molecule has 2 heterocycles. The SMILES string of the molecule is COc1ccc(CCNC(=O)Nc2ccc3c(c2)N(C(=O)c2ccco2)CC3)cc1. The van der Waals surface area contributed by atoms with Crippen molar-refractivity contribution < 1.29 is 18.7 Å².